The fourth-order valence-corrected chi connectivity index (χ4v) is 6.12. The number of hydrogen-bond acceptors (Lipinski definition) is 8. The Morgan fingerprint density at radius 2 is 1.70 bits per heavy atom. The largest absolute Gasteiger partial charge is 0.497 e. The van der Waals surface area contributed by atoms with Crippen LogP contribution in [0.3, 0.4) is 0 Å². The number of carbonyl (C=O) groups is 1. The van der Waals surface area contributed by atoms with Gasteiger partial charge in [0.05, 0.1) is 40.9 Å². The van der Waals surface area contributed by atoms with Gasteiger partial charge in [-0.3, -0.25) is 4.79 Å². The normalized spacial score (nSPS) is 11.6. The number of nitrogens with zero attached hydrogens (tertiary/aromatic N) is 3. The summed E-state index contributed by atoms with van der Waals surface area (Å²) in [6, 6.07) is 27.3. The van der Waals surface area contributed by atoms with Gasteiger partial charge >= 0.3 is 0 Å². The summed E-state index contributed by atoms with van der Waals surface area (Å²) < 4.78 is 11.5. The standard InChI is InChI=1S/C31H26N4O3S2/c1-4-27(29(36)35-31-34-25-15-14-22(38-3)16-28(25)40-31)39-30-24(18-32)23(19-10-12-21(37-2)13-11-19)17-26(33-30)20-8-6-5-7-9-20/h5-17,27H,4H2,1-3H3,(H,34,35,36). The number of nitriles is 1. The van der Waals surface area contributed by atoms with Crippen molar-refractivity contribution in [2.45, 2.75) is 23.6 Å². The summed E-state index contributed by atoms with van der Waals surface area (Å²) in [6.45, 7) is 1.94. The van der Waals surface area contributed by atoms with Gasteiger partial charge in [-0.1, -0.05) is 72.5 Å². The summed E-state index contributed by atoms with van der Waals surface area (Å²) in [4.78, 5) is 22.8. The highest BCUT2D eigenvalue weighted by atomic mass is 32.2. The average Bonchev–Trinajstić information content (AvgIpc) is 3.41. The van der Waals surface area contributed by atoms with Crippen LogP contribution in [0.15, 0.2) is 83.9 Å². The van der Waals surface area contributed by atoms with E-state index in [0.29, 0.717) is 22.1 Å². The highest BCUT2D eigenvalue weighted by molar-refractivity contribution is 8.00. The molecule has 5 aromatic rings. The Bertz CT molecular complexity index is 1700. The quantitative estimate of drug-likeness (QED) is 0.185. The number of anilines is 1. The smallest absolute Gasteiger partial charge is 0.239 e. The minimum Gasteiger partial charge on any atom is -0.497 e. The summed E-state index contributed by atoms with van der Waals surface area (Å²) in [6.07, 6.45) is 0.537. The van der Waals surface area contributed by atoms with E-state index in [1.807, 2.05) is 85.8 Å². The second-order valence-electron chi connectivity index (χ2n) is 8.80. The Morgan fingerprint density at radius 1 is 0.975 bits per heavy atom. The van der Waals surface area contributed by atoms with E-state index >= 15 is 0 Å². The molecule has 9 heteroatoms. The van der Waals surface area contributed by atoms with Gasteiger partial charge in [-0.05, 0) is 48.4 Å². The first-order valence-electron chi connectivity index (χ1n) is 12.6. The fraction of sp³-hybridized carbons (Fsp3) is 0.161. The van der Waals surface area contributed by atoms with Crippen LogP contribution < -0.4 is 14.8 Å². The number of benzene rings is 3. The number of aromatic nitrogens is 2. The Balaban J connectivity index is 1.50. The molecular weight excluding hydrogens is 541 g/mol. The van der Waals surface area contributed by atoms with E-state index in [0.717, 1.165) is 44.1 Å². The third-order valence-corrected chi connectivity index (χ3v) is 8.60. The third-order valence-electron chi connectivity index (χ3n) is 6.31. The van der Waals surface area contributed by atoms with Crippen LogP contribution in [0.5, 0.6) is 11.5 Å². The first kappa shape index (κ1) is 27.2. The highest BCUT2D eigenvalue weighted by Gasteiger charge is 2.24. The molecule has 1 unspecified atom stereocenters. The topological polar surface area (TPSA) is 97.1 Å². The van der Waals surface area contributed by atoms with Gasteiger partial charge in [0.2, 0.25) is 5.91 Å². The number of nitrogens with one attached hydrogen (secondary N) is 1. The summed E-state index contributed by atoms with van der Waals surface area (Å²) in [5.74, 6) is 1.27. The number of ether oxygens (including phenoxy) is 2. The van der Waals surface area contributed by atoms with E-state index in [9.17, 15) is 10.1 Å². The van der Waals surface area contributed by atoms with Crippen LogP contribution in [0.2, 0.25) is 0 Å². The van der Waals surface area contributed by atoms with Crippen molar-refractivity contribution in [2.75, 3.05) is 19.5 Å². The number of fused-ring (bicyclic) bond motifs is 1. The van der Waals surface area contributed by atoms with Crippen molar-refractivity contribution in [1.82, 2.24) is 9.97 Å². The molecule has 0 spiro atoms. The molecule has 2 heterocycles. The first-order valence-corrected chi connectivity index (χ1v) is 14.3. The number of amides is 1. The molecule has 0 aliphatic rings. The molecule has 2 aromatic heterocycles. The van der Waals surface area contributed by atoms with Crippen molar-refractivity contribution in [3.63, 3.8) is 0 Å². The number of carbonyl (C=O) groups excluding carboxylic acids is 1. The van der Waals surface area contributed by atoms with Crippen molar-refractivity contribution in [2.24, 2.45) is 0 Å². The van der Waals surface area contributed by atoms with E-state index in [2.05, 4.69) is 16.4 Å². The molecule has 0 fully saturated rings. The summed E-state index contributed by atoms with van der Waals surface area (Å²) in [5.41, 5.74) is 4.47. The summed E-state index contributed by atoms with van der Waals surface area (Å²) >= 11 is 2.68. The number of hydrogen-bond donors (Lipinski definition) is 1. The van der Waals surface area contributed by atoms with Crippen molar-refractivity contribution in [1.29, 1.82) is 5.26 Å². The van der Waals surface area contributed by atoms with Crippen molar-refractivity contribution >= 4 is 44.4 Å². The molecule has 3 aromatic carbocycles. The average molecular weight is 567 g/mol. The predicted molar refractivity (Wildman–Crippen MR) is 161 cm³/mol. The van der Waals surface area contributed by atoms with Crippen molar-refractivity contribution in [3.8, 4) is 40.0 Å². The van der Waals surface area contributed by atoms with Gasteiger partial charge in [-0.2, -0.15) is 5.26 Å². The third kappa shape index (κ3) is 5.78. The van der Waals surface area contributed by atoms with E-state index in [4.69, 9.17) is 14.5 Å². The molecule has 0 aliphatic carbocycles. The van der Waals surface area contributed by atoms with Crippen LogP contribution in [0.1, 0.15) is 18.9 Å². The van der Waals surface area contributed by atoms with Crippen LogP contribution >= 0.6 is 23.1 Å². The van der Waals surface area contributed by atoms with Gasteiger partial charge in [-0.15, -0.1) is 0 Å². The summed E-state index contributed by atoms with van der Waals surface area (Å²) in [5, 5.41) is 13.8. The molecule has 0 saturated heterocycles. The maximum absolute atomic E-state index is 13.4. The molecule has 0 saturated carbocycles. The molecule has 1 atom stereocenters. The van der Waals surface area contributed by atoms with Crippen LogP contribution in [-0.4, -0.2) is 35.3 Å². The van der Waals surface area contributed by atoms with Gasteiger partial charge in [0.25, 0.3) is 0 Å². The lowest BCUT2D eigenvalue weighted by atomic mass is 9.99. The molecule has 0 bridgehead atoms. The number of thioether (sulfide) groups is 1. The maximum atomic E-state index is 13.4. The predicted octanol–water partition coefficient (Wildman–Crippen LogP) is 7.42. The second-order valence-corrected chi connectivity index (χ2v) is 11.0. The zero-order valence-electron chi connectivity index (χ0n) is 22.2. The van der Waals surface area contributed by atoms with E-state index < -0.39 is 5.25 Å². The lowest BCUT2D eigenvalue weighted by Gasteiger charge is -2.17. The molecule has 5 rings (SSSR count). The SMILES string of the molecule is CCC(Sc1nc(-c2ccccc2)cc(-c2ccc(OC)cc2)c1C#N)C(=O)Nc1nc2ccc(OC)cc2s1. The number of pyridine rings is 1. The highest BCUT2D eigenvalue weighted by Crippen LogP contribution is 2.37. The monoisotopic (exact) mass is 566 g/mol. The van der Waals surface area contributed by atoms with Gasteiger partial charge < -0.3 is 14.8 Å². The Hall–Kier alpha value is -4.39. The lowest BCUT2D eigenvalue weighted by molar-refractivity contribution is -0.115. The van der Waals surface area contributed by atoms with Gasteiger partial charge in [0.1, 0.15) is 22.6 Å². The molecule has 1 N–H and O–H groups in total. The Morgan fingerprint density at radius 3 is 2.38 bits per heavy atom. The molecule has 7 nitrogen and oxygen atoms in total. The number of methoxy groups -OCH3 is 2. The first-order chi connectivity index (χ1) is 19.5. The fourth-order valence-electron chi connectivity index (χ4n) is 4.20. The molecular formula is C31H26N4O3S2. The zero-order valence-corrected chi connectivity index (χ0v) is 23.8. The second kappa shape index (κ2) is 12.2. The van der Waals surface area contributed by atoms with Gasteiger partial charge in [-0.25, -0.2) is 9.97 Å². The number of thiazole rings is 1. The zero-order chi connectivity index (χ0) is 28.1. The van der Waals surface area contributed by atoms with E-state index in [1.54, 1.807) is 14.2 Å². The van der Waals surface area contributed by atoms with Crippen LogP contribution in [0, 0.1) is 11.3 Å². The van der Waals surface area contributed by atoms with E-state index in [1.165, 1.54) is 23.1 Å². The van der Waals surface area contributed by atoms with Crippen LogP contribution in [0.4, 0.5) is 5.13 Å². The molecule has 200 valence electrons. The summed E-state index contributed by atoms with van der Waals surface area (Å²) in [7, 11) is 3.23. The van der Waals surface area contributed by atoms with Crippen molar-refractivity contribution in [3.05, 3.63) is 84.4 Å². The molecule has 0 radical (unpaired) electrons. The van der Waals surface area contributed by atoms with Crippen LogP contribution in [-0.2, 0) is 4.79 Å². The Kier molecular flexibility index (Phi) is 8.29. The maximum Gasteiger partial charge on any atom is 0.239 e. The minimum absolute atomic E-state index is 0.194. The molecule has 40 heavy (non-hydrogen) atoms. The molecule has 0 aliphatic heterocycles. The van der Waals surface area contributed by atoms with Crippen LogP contribution in [0.25, 0.3) is 32.6 Å². The molecule has 1 amide bonds. The Labute approximate surface area is 240 Å². The van der Waals surface area contributed by atoms with Gasteiger partial charge in [0, 0.05) is 11.1 Å². The number of rotatable bonds is 9. The lowest BCUT2D eigenvalue weighted by Crippen LogP contribution is -2.24. The minimum atomic E-state index is -0.490. The van der Waals surface area contributed by atoms with E-state index in [-0.39, 0.29) is 5.91 Å². The van der Waals surface area contributed by atoms with Gasteiger partial charge in [0.15, 0.2) is 5.13 Å². The van der Waals surface area contributed by atoms with Crippen molar-refractivity contribution < 1.29 is 14.3 Å².